The third-order valence-corrected chi connectivity index (χ3v) is 6.87. The first-order chi connectivity index (χ1) is 20.2. The number of Topliss-reactive ketones (excluding diaryl/α,β-unsaturated/α-hetero) is 1. The summed E-state index contributed by atoms with van der Waals surface area (Å²) >= 11 is 0. The number of pyridine rings is 1. The minimum atomic E-state index is -5.27. The highest BCUT2D eigenvalue weighted by molar-refractivity contribution is 6.11. The largest absolute Gasteiger partial charge is 0.491 e. The van der Waals surface area contributed by atoms with E-state index < -0.39 is 41.6 Å². The first kappa shape index (κ1) is 31.3. The first-order valence-electron chi connectivity index (χ1n) is 13.5. The number of nitrogens with one attached hydrogen (secondary N) is 1. The second-order valence-corrected chi connectivity index (χ2v) is 10.9. The number of ether oxygens (including phenoxy) is 2. The molecule has 0 unspecified atom stereocenters. The number of hydrogen-bond donors (Lipinski definition) is 1. The summed E-state index contributed by atoms with van der Waals surface area (Å²) in [6, 6.07) is 6.83. The summed E-state index contributed by atoms with van der Waals surface area (Å²) in [6.45, 7) is 7.99. The number of hydrogen-bond acceptors (Lipinski definition) is 8. The molecule has 1 aromatic heterocycles. The van der Waals surface area contributed by atoms with Crippen molar-refractivity contribution in [3.8, 4) is 17.6 Å². The van der Waals surface area contributed by atoms with Crippen LogP contribution in [0, 0.1) is 11.3 Å². The molecule has 14 heteroatoms. The van der Waals surface area contributed by atoms with Gasteiger partial charge in [-0.15, -0.1) is 0 Å². The van der Waals surface area contributed by atoms with E-state index in [0.29, 0.717) is 30.2 Å². The highest BCUT2D eigenvalue weighted by Gasteiger charge is 2.41. The Morgan fingerprint density at radius 2 is 1.91 bits per heavy atom. The molecule has 0 saturated heterocycles. The number of nitriles is 1. The van der Waals surface area contributed by atoms with Crippen LogP contribution in [0.4, 0.5) is 18.9 Å². The number of carbonyl (C=O) groups is 3. The van der Waals surface area contributed by atoms with Gasteiger partial charge in [-0.25, -0.2) is 4.98 Å². The summed E-state index contributed by atoms with van der Waals surface area (Å²) < 4.78 is 51.3. The molecule has 0 atom stereocenters. The fourth-order valence-electron chi connectivity index (χ4n) is 4.85. The molecule has 2 amide bonds. The molecule has 0 bridgehead atoms. The highest BCUT2D eigenvalue weighted by atomic mass is 19.4. The second-order valence-electron chi connectivity index (χ2n) is 10.9. The van der Waals surface area contributed by atoms with Gasteiger partial charge >= 0.3 is 12.1 Å². The number of aromatic nitrogens is 1. The molecule has 1 aromatic carbocycles. The van der Waals surface area contributed by atoms with Crippen molar-refractivity contribution in [3.05, 3.63) is 46.3 Å². The van der Waals surface area contributed by atoms with Gasteiger partial charge in [0.05, 0.1) is 31.5 Å². The molecule has 0 radical (unpaired) electrons. The Balaban J connectivity index is 1.79. The van der Waals surface area contributed by atoms with Crippen LogP contribution in [0.3, 0.4) is 0 Å². The summed E-state index contributed by atoms with van der Waals surface area (Å²) in [7, 11) is 1.35. The molecule has 228 valence electrons. The van der Waals surface area contributed by atoms with Crippen LogP contribution < -0.4 is 19.7 Å². The first-order valence-corrected chi connectivity index (χ1v) is 13.5. The van der Waals surface area contributed by atoms with Gasteiger partial charge in [0.25, 0.3) is 5.91 Å². The van der Waals surface area contributed by atoms with Gasteiger partial charge in [0, 0.05) is 30.3 Å². The predicted octanol–water partition coefficient (Wildman–Crippen LogP) is 3.39. The van der Waals surface area contributed by atoms with Crippen molar-refractivity contribution in [1.82, 2.24) is 15.2 Å². The summed E-state index contributed by atoms with van der Waals surface area (Å²) in [4.78, 5) is 48.8. The number of ketones is 1. The number of halogens is 3. The van der Waals surface area contributed by atoms with Crippen LogP contribution in [0.2, 0.25) is 0 Å². The zero-order valence-corrected chi connectivity index (χ0v) is 24.4. The normalized spacial score (nSPS) is 15.4. The summed E-state index contributed by atoms with van der Waals surface area (Å²) in [5.74, 6) is -3.34. The number of aliphatic imine (C=N–C) groups is 1. The number of nitrogens with zero attached hydrogens (tertiary/aromatic N) is 5. The average molecular weight is 601 g/mol. The van der Waals surface area contributed by atoms with Gasteiger partial charge in [0.1, 0.15) is 24.6 Å². The van der Waals surface area contributed by atoms with Gasteiger partial charge in [-0.2, -0.15) is 23.4 Å². The molecule has 0 spiro atoms. The zero-order chi connectivity index (χ0) is 31.7. The Hall–Kier alpha value is -4.67. The number of rotatable bonds is 7. The van der Waals surface area contributed by atoms with E-state index in [2.05, 4.69) is 21.4 Å². The van der Waals surface area contributed by atoms with Crippen LogP contribution in [0.15, 0.2) is 23.2 Å². The summed E-state index contributed by atoms with van der Waals surface area (Å²) in [5, 5.41) is 11.7. The zero-order valence-electron chi connectivity index (χ0n) is 24.4. The maximum atomic E-state index is 13.8. The van der Waals surface area contributed by atoms with E-state index in [4.69, 9.17) is 9.47 Å². The van der Waals surface area contributed by atoms with E-state index in [9.17, 15) is 32.8 Å². The maximum Gasteiger partial charge on any atom is 0.473 e. The van der Waals surface area contributed by atoms with Crippen LogP contribution in [0.1, 0.15) is 65.4 Å². The van der Waals surface area contributed by atoms with Gasteiger partial charge in [0.2, 0.25) is 0 Å². The van der Waals surface area contributed by atoms with Crippen molar-refractivity contribution in [2.45, 2.75) is 45.8 Å². The summed E-state index contributed by atoms with van der Waals surface area (Å²) in [6.07, 6.45) is -5.27. The fourth-order valence-corrected chi connectivity index (χ4v) is 4.85. The molecule has 1 N–H and O–H groups in total. The van der Waals surface area contributed by atoms with Gasteiger partial charge in [-0.05, 0) is 30.5 Å². The number of amides is 2. The number of benzene rings is 1. The molecule has 0 aliphatic carbocycles. The molecular weight excluding hydrogens is 569 g/mol. The van der Waals surface area contributed by atoms with E-state index in [1.807, 2.05) is 20.8 Å². The monoisotopic (exact) mass is 600 g/mol. The second kappa shape index (κ2) is 11.9. The number of amidine groups is 1. The molecule has 0 fully saturated rings. The Morgan fingerprint density at radius 1 is 1.19 bits per heavy atom. The standard InChI is InChI=1S/C29H31F3N6O5/c1-6-42-21-13-17-14-38(25(36-27(41)29(30,31)32)22(17)35-23(21)26(40)34-5)15-20(39)16-11-18(28(2,3)4)24-19(12-16)37(8-7-33)9-10-43-24/h11-13H,6,8-10,14-15H2,1-5H3,(H,34,40)/b36-25-. The van der Waals surface area contributed by atoms with Gasteiger partial charge in [-0.3, -0.25) is 14.4 Å². The molecular formula is C29H31F3N6O5. The number of carbonyl (C=O) groups excluding carboxylic acids is 3. The van der Waals surface area contributed by atoms with Crippen LogP contribution in [-0.4, -0.2) is 79.4 Å². The van der Waals surface area contributed by atoms with Crippen molar-refractivity contribution in [2.75, 3.05) is 44.8 Å². The highest BCUT2D eigenvalue weighted by Crippen LogP contribution is 2.42. The minimum absolute atomic E-state index is 0.0664. The van der Waals surface area contributed by atoms with Crippen LogP contribution in [-0.2, 0) is 16.8 Å². The topological polar surface area (TPSA) is 137 Å². The third-order valence-electron chi connectivity index (χ3n) is 6.87. The van der Waals surface area contributed by atoms with Gasteiger partial charge in [0.15, 0.2) is 23.1 Å². The Morgan fingerprint density at radius 3 is 2.51 bits per heavy atom. The lowest BCUT2D eigenvalue weighted by atomic mass is 9.84. The smallest absolute Gasteiger partial charge is 0.473 e. The van der Waals surface area contributed by atoms with E-state index in [0.717, 1.165) is 5.56 Å². The minimum Gasteiger partial charge on any atom is -0.491 e. The van der Waals surface area contributed by atoms with E-state index in [1.165, 1.54) is 18.0 Å². The molecule has 43 heavy (non-hydrogen) atoms. The Labute approximate surface area is 246 Å². The van der Waals surface area contributed by atoms with Gasteiger partial charge in [-0.1, -0.05) is 20.8 Å². The molecule has 3 heterocycles. The fraction of sp³-hybridized carbons (Fsp3) is 0.448. The van der Waals surface area contributed by atoms with E-state index in [1.54, 1.807) is 24.0 Å². The van der Waals surface area contributed by atoms with Crippen molar-refractivity contribution < 1.29 is 37.0 Å². The van der Waals surface area contributed by atoms with Crippen LogP contribution in [0.25, 0.3) is 0 Å². The van der Waals surface area contributed by atoms with Crippen molar-refractivity contribution in [3.63, 3.8) is 0 Å². The lowest BCUT2D eigenvalue weighted by Crippen LogP contribution is -2.35. The van der Waals surface area contributed by atoms with E-state index >= 15 is 0 Å². The van der Waals surface area contributed by atoms with Crippen LogP contribution >= 0.6 is 0 Å². The average Bonchev–Trinajstić information content (AvgIpc) is 3.26. The van der Waals surface area contributed by atoms with Crippen molar-refractivity contribution in [2.24, 2.45) is 4.99 Å². The molecule has 11 nitrogen and oxygen atoms in total. The van der Waals surface area contributed by atoms with Crippen molar-refractivity contribution in [1.29, 1.82) is 5.26 Å². The number of anilines is 1. The molecule has 4 rings (SSSR count). The lowest BCUT2D eigenvalue weighted by Gasteiger charge is -2.34. The SMILES string of the molecule is CCOc1cc2c(nc1C(=O)NC)/C(=N/C(=O)C(F)(F)F)N(CC(=O)c1cc3c(c(C(C)(C)C)c1)OCCN3CC#N)C2. The molecule has 0 saturated carbocycles. The maximum absolute atomic E-state index is 13.8. The molecule has 2 aromatic rings. The number of alkyl halides is 3. The van der Waals surface area contributed by atoms with Crippen LogP contribution in [0.5, 0.6) is 11.5 Å². The molecule has 2 aliphatic rings. The Bertz CT molecular complexity index is 1540. The predicted molar refractivity (Wildman–Crippen MR) is 150 cm³/mol. The third kappa shape index (κ3) is 6.40. The lowest BCUT2D eigenvalue weighted by molar-refractivity contribution is -0.169. The quantitative estimate of drug-likeness (QED) is 0.375. The van der Waals surface area contributed by atoms with Gasteiger partial charge < -0.3 is 24.6 Å². The number of fused-ring (bicyclic) bond motifs is 2. The Kier molecular flexibility index (Phi) is 8.66. The van der Waals surface area contributed by atoms with E-state index in [-0.39, 0.29) is 42.4 Å². The van der Waals surface area contributed by atoms with Crippen molar-refractivity contribution >= 4 is 29.1 Å². The molecule has 2 aliphatic heterocycles. The summed E-state index contributed by atoms with van der Waals surface area (Å²) in [5.41, 5.74) is 1.05.